The van der Waals surface area contributed by atoms with Crippen LogP contribution in [0.1, 0.15) is 166 Å². The van der Waals surface area contributed by atoms with Gasteiger partial charge in [-0.3, -0.25) is 10.1 Å². The number of hydrogen-bond donors (Lipinski definition) is 7. The average molecular weight is 1060 g/mol. The number of aryl methyl sites for hydroxylation is 1. The molecular weight excluding hydrogens is 989 g/mol. The molecule has 2 aromatic heterocycles. The zero-order valence-corrected chi connectivity index (χ0v) is 44.8. The van der Waals surface area contributed by atoms with E-state index in [1.165, 1.54) is 60.8 Å². The van der Waals surface area contributed by atoms with Gasteiger partial charge in [-0.1, -0.05) is 114 Å². The molecule has 4 fully saturated rings. The van der Waals surface area contributed by atoms with E-state index in [9.17, 15) is 25.2 Å². The molecule has 6 heterocycles. The number of carbonyl (C=O) groups is 1. The van der Waals surface area contributed by atoms with Crippen LogP contribution in [0.5, 0.6) is 17.2 Å². The van der Waals surface area contributed by atoms with Crippen LogP contribution in [0.2, 0.25) is 0 Å². The van der Waals surface area contributed by atoms with Crippen molar-refractivity contribution in [3.63, 3.8) is 0 Å². The highest BCUT2D eigenvalue weighted by Crippen LogP contribution is 2.66. The number of allylic oxidation sites excluding steroid dienone is 2. The van der Waals surface area contributed by atoms with Crippen molar-refractivity contribution in [1.29, 1.82) is 0 Å². The van der Waals surface area contributed by atoms with Crippen LogP contribution in [0.3, 0.4) is 0 Å². The van der Waals surface area contributed by atoms with Crippen LogP contribution in [0.25, 0.3) is 10.9 Å². The third-order valence-electron chi connectivity index (χ3n) is 21.6. The van der Waals surface area contributed by atoms with Gasteiger partial charge in [0.05, 0.1) is 41.1 Å². The van der Waals surface area contributed by atoms with Gasteiger partial charge in [0.15, 0.2) is 17.7 Å². The summed E-state index contributed by atoms with van der Waals surface area (Å²) in [7, 11) is 3.52. The lowest BCUT2D eigenvalue weighted by atomic mass is 9.47. The number of nitrogens with zero attached hydrogens (tertiary/aromatic N) is 1. The second kappa shape index (κ2) is 18.2. The molecule has 4 aliphatic heterocycles. The van der Waals surface area contributed by atoms with Gasteiger partial charge >= 0.3 is 0 Å². The van der Waals surface area contributed by atoms with Crippen LogP contribution in [0.15, 0.2) is 66.7 Å². The Kier molecular flexibility index (Phi) is 11.7. The molecule has 4 aromatic rings. The molecule has 0 amide bonds. The van der Waals surface area contributed by atoms with Gasteiger partial charge in [-0.2, -0.15) is 0 Å². The van der Waals surface area contributed by atoms with E-state index in [0.717, 1.165) is 79.9 Å². The normalized spacial score (nSPS) is 37.7. The Bertz CT molecular complexity index is 3230. The molecule has 15 atom stereocenters. The van der Waals surface area contributed by atoms with E-state index >= 15 is 0 Å². The molecule has 2 aromatic carbocycles. The lowest BCUT2D eigenvalue weighted by Gasteiger charge is -2.59. The Morgan fingerprint density at radius 2 is 1.75 bits per heavy atom. The molecule has 15 rings (SSSR count). The van der Waals surface area contributed by atoms with Gasteiger partial charge < -0.3 is 45.2 Å². The molecule has 11 aliphatic rings. The lowest BCUT2D eigenvalue weighted by molar-refractivity contribution is -0.127. The molecule has 396 valence electrons. The van der Waals surface area contributed by atoms with Crippen molar-refractivity contribution in [3.8, 4) is 41.1 Å². The Morgan fingerprint density at radius 3 is 2.62 bits per heavy atom. The van der Waals surface area contributed by atoms with Crippen molar-refractivity contribution in [2.24, 2.45) is 57.5 Å². The van der Waals surface area contributed by atoms with Gasteiger partial charge in [0.2, 0.25) is 0 Å². The van der Waals surface area contributed by atoms with Crippen LogP contribution < -0.4 is 20.5 Å². The molecule has 8 N–H and O–H groups in total. The quantitative estimate of drug-likeness (QED) is 0.0589. The second-order valence-electron chi connectivity index (χ2n) is 25.3. The monoisotopic (exact) mass is 1060 g/mol. The third-order valence-corrected chi connectivity index (χ3v) is 24.4. The Morgan fingerprint density at radius 1 is 0.921 bits per heavy atom. The van der Waals surface area contributed by atoms with Crippen LogP contribution in [-0.4, -0.2) is 65.5 Å². The minimum absolute atomic E-state index is 0.0101. The smallest absolute Gasteiger partial charge is 0.191 e. The number of aromatic amines is 1. The number of nitrogens with two attached hydrogens (primary N) is 1. The molecule has 7 aliphatic carbocycles. The van der Waals surface area contributed by atoms with E-state index in [-0.39, 0.29) is 53.0 Å². The highest BCUT2D eigenvalue weighted by Gasteiger charge is 2.57. The van der Waals surface area contributed by atoms with Gasteiger partial charge in [0.25, 0.3) is 0 Å². The Labute approximate surface area is 453 Å². The van der Waals surface area contributed by atoms with Gasteiger partial charge in [-0.15, -0.1) is 0 Å². The van der Waals surface area contributed by atoms with Crippen LogP contribution in [-0.2, 0) is 11.2 Å². The number of ketones is 1. The molecule has 0 radical (unpaired) electrons. The topological polar surface area (TPSA) is 175 Å². The first-order valence-corrected chi connectivity index (χ1v) is 31.2. The number of Topliss-reactive ketones (excluding diaryl/α,β-unsaturated/α-hetero) is 1. The van der Waals surface area contributed by atoms with Crippen molar-refractivity contribution in [1.82, 2.24) is 14.9 Å². The first-order chi connectivity index (χ1) is 37.0. The summed E-state index contributed by atoms with van der Waals surface area (Å²) in [4.78, 5) is 18.4. The predicted octanol–water partition coefficient (Wildman–Crippen LogP) is 10.5. The van der Waals surface area contributed by atoms with Gasteiger partial charge in [-0.25, -0.2) is 0 Å². The van der Waals surface area contributed by atoms with E-state index in [1.54, 1.807) is 22.9 Å². The van der Waals surface area contributed by atoms with Crippen LogP contribution in [0, 0.1) is 75.6 Å². The third kappa shape index (κ3) is 7.41. The maximum atomic E-state index is 14.7. The SMILES string of the molecule is N[C@H]1NC[C@H]2CC3(CCCC3)[C@@H]3c4c(ccc1c42)[C@@H](O)C#C[C@@H]1[C@@H](Oc2cc(CCC(=O)[C@@H]4CSS[C@@H]5C=C[C@@]67CCCC[C@@H]6[C@H]6C[C@H](O)[C@H](C=C6[C@@H]5C7)[C@H]4O)c(O)cc2OC#CC12CCCC2)n1cc2[nH]cc3c2c1. The number of fused-ring (bicyclic) bond motifs is 9. The highest BCUT2D eigenvalue weighted by molar-refractivity contribution is 8.77. The van der Waals surface area contributed by atoms with E-state index in [4.69, 9.17) is 15.2 Å². The number of hydrogen-bond acceptors (Lipinski definition) is 11. The number of aliphatic hydroxyl groups is 3. The van der Waals surface area contributed by atoms with Crippen molar-refractivity contribution in [3.05, 3.63) is 100 Å². The summed E-state index contributed by atoms with van der Waals surface area (Å²) in [5, 5.41) is 53.6. The van der Waals surface area contributed by atoms with Gasteiger partial charge in [0, 0.05) is 65.8 Å². The molecule has 76 heavy (non-hydrogen) atoms. The summed E-state index contributed by atoms with van der Waals surface area (Å²) in [5.74, 6) is 11.5. The molecule has 13 heteroatoms. The molecule has 0 unspecified atom stereocenters. The number of rotatable bonds is 4. The number of benzene rings is 2. The maximum absolute atomic E-state index is 14.7. The van der Waals surface area contributed by atoms with E-state index < -0.39 is 47.7 Å². The summed E-state index contributed by atoms with van der Waals surface area (Å²) in [6, 6.07) is 7.55. The number of carbonyl (C=O) groups excluding carboxylic acids is 1. The van der Waals surface area contributed by atoms with Crippen LogP contribution in [0.4, 0.5) is 0 Å². The number of aliphatic hydroxyl groups excluding tert-OH is 3. The number of ether oxygens (including phenoxy) is 2. The fraction of sp³-hybridized carbons (Fsp3) is 0.571. The fourth-order valence-corrected chi connectivity index (χ4v) is 21.1. The predicted molar refractivity (Wildman–Crippen MR) is 295 cm³/mol. The van der Waals surface area contributed by atoms with Crippen molar-refractivity contribution >= 4 is 38.3 Å². The zero-order valence-electron chi connectivity index (χ0n) is 43.1. The first kappa shape index (κ1) is 48.5. The minimum Gasteiger partial charge on any atom is -0.508 e. The molecule has 0 saturated heterocycles. The van der Waals surface area contributed by atoms with E-state index in [0.29, 0.717) is 52.4 Å². The fourth-order valence-electron chi connectivity index (χ4n) is 18.0. The standard InChI is InChI=1S/C63H70N4O7S2/c64-59-37-10-9-36-48(68)13-11-46-60(67-31-43-42(30-65-47(43)32-67)57-56(36)55(37)35(29-66-59)27-63(57)18-5-6-19-63)74-53-23-34(50(70)26-52(53)73-22-21-61(46)15-3-4-16-61)8-12-49(69)44-33-75-76-54-14-20-62-17-2-1-7-45(62)39-25-51(71)40(58(44)72)24-38(39)41(54)28-62/h9-10,14,20,23-24,26,30-32,35,39-41,44-46,48,51,54,57-60,65-66,68,70-72H,1-8,12,15-19,25,27-29,33,64H2/t35-,39+,40+,41+,44+,45-,46-,48+,51+,54-,57+,58-,59+,60-,62-/m1/s1. The van der Waals surface area contributed by atoms with E-state index in [1.807, 2.05) is 10.8 Å². The number of aromatic hydroxyl groups is 1. The summed E-state index contributed by atoms with van der Waals surface area (Å²) in [6.45, 7) is 0.813. The number of aromatic nitrogens is 2. The number of nitrogens with one attached hydrogen (secondary N) is 2. The lowest BCUT2D eigenvalue weighted by Crippen LogP contribution is -2.53. The largest absolute Gasteiger partial charge is 0.508 e. The second-order valence-corrected chi connectivity index (χ2v) is 27.8. The van der Waals surface area contributed by atoms with Crippen molar-refractivity contribution in [2.75, 3.05) is 12.3 Å². The van der Waals surface area contributed by atoms with Gasteiger partial charge in [0.1, 0.15) is 23.7 Å². The van der Waals surface area contributed by atoms with Crippen molar-refractivity contribution in [2.45, 2.75) is 157 Å². The highest BCUT2D eigenvalue weighted by atomic mass is 33.1. The summed E-state index contributed by atoms with van der Waals surface area (Å²) in [6.07, 6.45) is 29.1. The average Bonchev–Trinajstić information content (AvgIpc) is 4.32. The molecular formula is C63H70N4O7S2. The molecule has 4 saturated carbocycles. The maximum Gasteiger partial charge on any atom is 0.191 e. The van der Waals surface area contributed by atoms with Gasteiger partial charge in [-0.05, 0) is 138 Å². The summed E-state index contributed by atoms with van der Waals surface area (Å²) < 4.78 is 15.8. The molecule has 6 bridgehead atoms. The van der Waals surface area contributed by atoms with E-state index in [2.05, 4.69) is 87.7 Å². The van der Waals surface area contributed by atoms with Crippen LogP contribution >= 0.6 is 21.6 Å². The Hall–Kier alpha value is -4.57. The number of phenolic OH excluding ortho intramolecular Hbond substituents is 1. The Balaban J connectivity index is 0.776. The molecule has 3 spiro atoms. The zero-order chi connectivity index (χ0) is 51.2. The summed E-state index contributed by atoms with van der Waals surface area (Å²) >= 11 is 0. The summed E-state index contributed by atoms with van der Waals surface area (Å²) in [5.41, 5.74) is 15.1. The minimum atomic E-state index is -1.07. The number of H-pyrrole nitrogens is 1. The number of phenols is 1. The molecule has 11 nitrogen and oxygen atoms in total. The first-order valence-electron chi connectivity index (χ1n) is 28.8. The van der Waals surface area contributed by atoms with Crippen molar-refractivity contribution < 1.29 is 34.7 Å².